The number of ether oxygens (including phenoxy) is 2. The predicted octanol–water partition coefficient (Wildman–Crippen LogP) is 1.67. The van der Waals surface area contributed by atoms with Crippen molar-refractivity contribution < 1.29 is 19.1 Å². The van der Waals surface area contributed by atoms with Gasteiger partial charge in [0.25, 0.3) is 0 Å². The third-order valence-corrected chi connectivity index (χ3v) is 2.54. The highest BCUT2D eigenvalue weighted by molar-refractivity contribution is 5.89. The van der Waals surface area contributed by atoms with Gasteiger partial charge in [0.1, 0.15) is 18.5 Å². The summed E-state index contributed by atoms with van der Waals surface area (Å²) in [5.74, 6) is -0.368. The van der Waals surface area contributed by atoms with Gasteiger partial charge in [-0.15, -0.1) is 0 Å². The highest BCUT2D eigenvalue weighted by Gasteiger charge is 2.38. The van der Waals surface area contributed by atoms with E-state index in [0.29, 0.717) is 11.8 Å². The van der Waals surface area contributed by atoms with E-state index in [1.807, 2.05) is 6.07 Å². The monoisotopic (exact) mass is 232 g/mol. The normalized spacial score (nSPS) is 22.4. The Morgan fingerprint density at radius 3 is 3.00 bits per heavy atom. The van der Waals surface area contributed by atoms with E-state index in [2.05, 4.69) is 4.74 Å². The topological polar surface area (TPSA) is 55.9 Å². The molecular formula is C13H12O4. The van der Waals surface area contributed by atoms with Gasteiger partial charge in [0.2, 0.25) is 0 Å². The van der Waals surface area contributed by atoms with Gasteiger partial charge in [-0.2, -0.15) is 0 Å². The van der Waals surface area contributed by atoms with E-state index >= 15 is 0 Å². The molecule has 0 unspecified atom stereocenters. The van der Waals surface area contributed by atoms with Crippen LogP contribution >= 0.6 is 0 Å². The summed E-state index contributed by atoms with van der Waals surface area (Å²) in [4.78, 5) is 21.5. The Balaban J connectivity index is 2.11. The molecule has 4 heteroatoms. The second kappa shape index (κ2) is 4.93. The number of epoxide rings is 1. The number of methoxy groups -OCH3 is 1. The minimum atomic E-state index is -0.368. The number of hydrogen-bond donors (Lipinski definition) is 0. The van der Waals surface area contributed by atoms with Crippen LogP contribution in [0.3, 0.4) is 0 Å². The van der Waals surface area contributed by atoms with E-state index in [1.54, 1.807) is 24.3 Å². The molecule has 88 valence electrons. The summed E-state index contributed by atoms with van der Waals surface area (Å²) in [7, 11) is 1.35. The Morgan fingerprint density at radius 1 is 1.47 bits per heavy atom. The second-order valence-electron chi connectivity index (χ2n) is 3.66. The number of carbonyl (C=O) groups is 2. The Kier molecular flexibility index (Phi) is 3.35. The molecular weight excluding hydrogens is 220 g/mol. The summed E-state index contributed by atoms with van der Waals surface area (Å²) in [5, 5.41) is 0. The lowest BCUT2D eigenvalue weighted by atomic mass is 10.1. The molecule has 2 rings (SSSR count). The van der Waals surface area contributed by atoms with Gasteiger partial charge in [0.15, 0.2) is 0 Å². The van der Waals surface area contributed by atoms with E-state index in [4.69, 9.17) is 4.74 Å². The fourth-order valence-electron chi connectivity index (χ4n) is 1.65. The first kappa shape index (κ1) is 11.5. The Labute approximate surface area is 98.8 Å². The predicted molar refractivity (Wildman–Crippen MR) is 60.6 cm³/mol. The van der Waals surface area contributed by atoms with Gasteiger partial charge in [-0.3, -0.25) is 4.79 Å². The van der Waals surface area contributed by atoms with Crippen LogP contribution in [0.15, 0.2) is 36.4 Å². The largest absolute Gasteiger partial charge is 0.465 e. The van der Waals surface area contributed by atoms with Crippen molar-refractivity contribution in [2.75, 3.05) is 7.11 Å². The van der Waals surface area contributed by atoms with Gasteiger partial charge >= 0.3 is 5.97 Å². The molecule has 2 atom stereocenters. The molecule has 0 aliphatic carbocycles. The number of benzene rings is 1. The first-order chi connectivity index (χ1) is 8.26. The number of esters is 1. The summed E-state index contributed by atoms with van der Waals surface area (Å²) in [6, 6.07) is 7.09. The lowest BCUT2D eigenvalue weighted by Crippen LogP contribution is -2.01. The van der Waals surface area contributed by atoms with Gasteiger partial charge in [-0.25, -0.2) is 4.79 Å². The molecule has 1 saturated heterocycles. The molecule has 17 heavy (non-hydrogen) atoms. The molecule has 1 aliphatic heterocycles. The number of rotatable bonds is 4. The molecule has 0 saturated carbocycles. The molecule has 0 bridgehead atoms. The lowest BCUT2D eigenvalue weighted by Gasteiger charge is -2.00. The molecule has 1 aromatic rings. The van der Waals surface area contributed by atoms with E-state index in [1.165, 1.54) is 13.2 Å². The van der Waals surface area contributed by atoms with E-state index in [9.17, 15) is 9.59 Å². The minimum absolute atomic E-state index is 0.0733. The van der Waals surface area contributed by atoms with Gasteiger partial charge in [-0.1, -0.05) is 12.1 Å². The summed E-state index contributed by atoms with van der Waals surface area (Å²) in [5.41, 5.74) is 1.41. The van der Waals surface area contributed by atoms with Crippen molar-refractivity contribution >= 4 is 12.3 Å². The van der Waals surface area contributed by atoms with Crippen molar-refractivity contribution in [3.63, 3.8) is 0 Å². The van der Waals surface area contributed by atoms with Gasteiger partial charge in [-0.05, 0) is 29.8 Å². The van der Waals surface area contributed by atoms with Crippen molar-refractivity contribution in [3.8, 4) is 0 Å². The van der Waals surface area contributed by atoms with Gasteiger partial charge in [0.05, 0.1) is 12.7 Å². The Hall–Kier alpha value is -1.94. The SMILES string of the molecule is COC(=O)c1cccc([C@H]2O[C@@H]2/C=C/C=O)c1. The fourth-order valence-corrected chi connectivity index (χ4v) is 1.65. The van der Waals surface area contributed by atoms with Crippen molar-refractivity contribution in [2.45, 2.75) is 12.2 Å². The molecule has 1 fully saturated rings. The van der Waals surface area contributed by atoms with Crippen LogP contribution in [-0.2, 0) is 14.3 Å². The standard InChI is InChI=1S/C13H12O4/c1-16-13(15)10-5-2-4-9(8-10)12-11(17-12)6-3-7-14/h2-8,11-12H,1H3/b6-3+/t11-,12-/m1/s1. The van der Waals surface area contributed by atoms with Crippen molar-refractivity contribution in [1.82, 2.24) is 0 Å². The van der Waals surface area contributed by atoms with Crippen LogP contribution in [0, 0.1) is 0 Å². The first-order valence-corrected chi connectivity index (χ1v) is 5.22. The molecule has 1 heterocycles. The zero-order valence-electron chi connectivity index (χ0n) is 9.33. The zero-order valence-corrected chi connectivity index (χ0v) is 9.33. The number of allylic oxidation sites excluding steroid dienone is 1. The van der Waals surface area contributed by atoms with E-state index in [0.717, 1.165) is 5.56 Å². The maximum atomic E-state index is 11.3. The summed E-state index contributed by atoms with van der Waals surface area (Å²) < 4.78 is 10.0. The van der Waals surface area contributed by atoms with Crippen LogP contribution in [0.25, 0.3) is 0 Å². The number of hydrogen-bond acceptors (Lipinski definition) is 4. The smallest absolute Gasteiger partial charge is 0.337 e. The Morgan fingerprint density at radius 2 is 2.29 bits per heavy atom. The van der Waals surface area contributed by atoms with Crippen molar-refractivity contribution in [1.29, 1.82) is 0 Å². The number of carbonyl (C=O) groups excluding carboxylic acids is 2. The van der Waals surface area contributed by atoms with Crippen LogP contribution < -0.4 is 0 Å². The van der Waals surface area contributed by atoms with E-state index in [-0.39, 0.29) is 18.2 Å². The lowest BCUT2D eigenvalue weighted by molar-refractivity contribution is -0.104. The van der Waals surface area contributed by atoms with Crippen LogP contribution in [0.1, 0.15) is 22.0 Å². The third kappa shape index (κ3) is 2.60. The third-order valence-electron chi connectivity index (χ3n) is 2.54. The first-order valence-electron chi connectivity index (χ1n) is 5.22. The molecule has 1 aliphatic rings. The van der Waals surface area contributed by atoms with Crippen molar-refractivity contribution in [2.24, 2.45) is 0 Å². The maximum absolute atomic E-state index is 11.3. The van der Waals surface area contributed by atoms with Crippen molar-refractivity contribution in [3.05, 3.63) is 47.5 Å². The molecule has 0 aromatic heterocycles. The molecule has 0 spiro atoms. The minimum Gasteiger partial charge on any atom is -0.465 e. The Bertz CT molecular complexity index is 464. The zero-order chi connectivity index (χ0) is 12.3. The van der Waals surface area contributed by atoms with Gasteiger partial charge < -0.3 is 9.47 Å². The van der Waals surface area contributed by atoms with Gasteiger partial charge in [0, 0.05) is 0 Å². The molecule has 4 nitrogen and oxygen atoms in total. The maximum Gasteiger partial charge on any atom is 0.337 e. The van der Waals surface area contributed by atoms with E-state index < -0.39 is 0 Å². The van der Waals surface area contributed by atoms with Crippen LogP contribution in [0.2, 0.25) is 0 Å². The molecule has 0 radical (unpaired) electrons. The summed E-state index contributed by atoms with van der Waals surface area (Å²) in [6.07, 6.45) is 3.67. The molecule has 1 aromatic carbocycles. The average Bonchev–Trinajstić information content (AvgIpc) is 3.15. The molecule has 0 amide bonds. The van der Waals surface area contributed by atoms with Crippen LogP contribution in [-0.4, -0.2) is 25.5 Å². The summed E-state index contributed by atoms with van der Waals surface area (Å²) >= 11 is 0. The highest BCUT2D eigenvalue weighted by Crippen LogP contribution is 2.39. The fraction of sp³-hybridized carbons (Fsp3) is 0.231. The van der Waals surface area contributed by atoms with Crippen LogP contribution in [0.5, 0.6) is 0 Å². The molecule has 0 N–H and O–H groups in total. The van der Waals surface area contributed by atoms with Crippen LogP contribution in [0.4, 0.5) is 0 Å². The second-order valence-corrected chi connectivity index (χ2v) is 3.66. The number of aldehydes is 1. The highest BCUT2D eigenvalue weighted by atomic mass is 16.6. The summed E-state index contributed by atoms with van der Waals surface area (Å²) in [6.45, 7) is 0. The average molecular weight is 232 g/mol. The quantitative estimate of drug-likeness (QED) is 0.343.